The smallest absolute Gasteiger partial charge is 0.273 e. The van der Waals surface area contributed by atoms with Crippen LogP contribution in [-0.4, -0.2) is 46.9 Å². The number of halogens is 1. The molecule has 7 nitrogen and oxygen atoms in total. The van der Waals surface area contributed by atoms with E-state index < -0.39 is 4.92 Å². The van der Waals surface area contributed by atoms with Crippen molar-refractivity contribution in [2.45, 2.75) is 18.9 Å². The first-order chi connectivity index (χ1) is 11.6. The van der Waals surface area contributed by atoms with E-state index in [1.54, 1.807) is 17.5 Å². The van der Waals surface area contributed by atoms with Crippen LogP contribution in [0.15, 0.2) is 29.6 Å². The first-order valence-electron chi connectivity index (χ1n) is 7.75. The summed E-state index contributed by atoms with van der Waals surface area (Å²) in [6.45, 7) is 1.46. The third-order valence-electron chi connectivity index (χ3n) is 4.24. The van der Waals surface area contributed by atoms with Gasteiger partial charge in [-0.25, -0.2) is 4.98 Å². The van der Waals surface area contributed by atoms with Gasteiger partial charge in [0, 0.05) is 42.2 Å². The minimum Gasteiger partial charge on any atom is -0.337 e. The first-order valence-corrected chi connectivity index (χ1v) is 8.63. The second kappa shape index (κ2) is 8.37. The normalized spacial score (nSPS) is 14.8. The summed E-state index contributed by atoms with van der Waals surface area (Å²) in [4.78, 5) is 29.1. The molecule has 1 saturated heterocycles. The predicted molar refractivity (Wildman–Crippen MR) is 99.4 cm³/mol. The number of rotatable bonds is 4. The minimum absolute atomic E-state index is 0. The number of benzene rings is 1. The molecule has 0 spiro atoms. The van der Waals surface area contributed by atoms with Gasteiger partial charge in [-0.2, -0.15) is 0 Å². The summed E-state index contributed by atoms with van der Waals surface area (Å²) in [5.74, 6) is -0.0473. The maximum absolute atomic E-state index is 12.5. The molecule has 3 rings (SSSR count). The molecule has 2 aromatic rings. The van der Waals surface area contributed by atoms with E-state index in [9.17, 15) is 14.9 Å². The zero-order valence-electron chi connectivity index (χ0n) is 13.7. The van der Waals surface area contributed by atoms with Gasteiger partial charge in [0.15, 0.2) is 0 Å². The van der Waals surface area contributed by atoms with E-state index in [-0.39, 0.29) is 24.0 Å². The molecule has 1 fully saturated rings. The Bertz CT molecular complexity index is 742. The molecule has 9 heteroatoms. The van der Waals surface area contributed by atoms with Crippen LogP contribution in [0.4, 0.5) is 5.69 Å². The number of thiazole rings is 1. The van der Waals surface area contributed by atoms with Crippen molar-refractivity contribution in [3.63, 3.8) is 0 Å². The number of likely N-dealkylation sites (tertiary alicyclic amines) is 1. The van der Waals surface area contributed by atoms with Gasteiger partial charge in [-0.3, -0.25) is 14.9 Å². The van der Waals surface area contributed by atoms with Gasteiger partial charge in [-0.15, -0.1) is 23.7 Å². The molecule has 0 bridgehead atoms. The fraction of sp³-hybridized carbons (Fsp3) is 0.375. The Kier molecular flexibility index (Phi) is 6.46. The summed E-state index contributed by atoms with van der Waals surface area (Å²) in [6, 6.07) is 6.68. The SMILES string of the molecule is CNC1CCN(C(=O)c2csc(-c3ccc([N+](=O)[O-])cc3)n2)CC1.Cl. The number of non-ortho nitro benzene ring substituents is 1. The lowest BCUT2D eigenvalue weighted by molar-refractivity contribution is -0.384. The van der Waals surface area contributed by atoms with Crippen molar-refractivity contribution in [2.75, 3.05) is 20.1 Å². The largest absolute Gasteiger partial charge is 0.337 e. The average molecular weight is 383 g/mol. The van der Waals surface area contributed by atoms with Crippen LogP contribution in [0.3, 0.4) is 0 Å². The molecule has 1 aliphatic heterocycles. The topological polar surface area (TPSA) is 88.4 Å². The third kappa shape index (κ3) is 4.33. The highest BCUT2D eigenvalue weighted by Gasteiger charge is 2.24. The zero-order chi connectivity index (χ0) is 17.1. The number of piperidine rings is 1. The van der Waals surface area contributed by atoms with E-state index in [1.807, 2.05) is 11.9 Å². The molecule has 1 amide bonds. The maximum Gasteiger partial charge on any atom is 0.273 e. The fourth-order valence-electron chi connectivity index (χ4n) is 2.76. The number of carbonyl (C=O) groups excluding carboxylic acids is 1. The van der Waals surface area contributed by atoms with Gasteiger partial charge in [-0.05, 0) is 32.0 Å². The van der Waals surface area contributed by atoms with Crippen molar-refractivity contribution in [2.24, 2.45) is 0 Å². The molecule has 0 unspecified atom stereocenters. The molecule has 1 aromatic carbocycles. The van der Waals surface area contributed by atoms with E-state index in [2.05, 4.69) is 10.3 Å². The molecular formula is C16H19ClN4O3S. The lowest BCUT2D eigenvalue weighted by Crippen LogP contribution is -2.44. The van der Waals surface area contributed by atoms with Crippen molar-refractivity contribution in [3.8, 4) is 10.6 Å². The fourth-order valence-corrected chi connectivity index (χ4v) is 3.56. The van der Waals surface area contributed by atoms with Gasteiger partial charge in [0.05, 0.1) is 4.92 Å². The first kappa shape index (κ1) is 19.3. The summed E-state index contributed by atoms with van der Waals surface area (Å²) in [5.41, 5.74) is 1.26. The van der Waals surface area contributed by atoms with Crippen molar-refractivity contribution in [3.05, 3.63) is 45.5 Å². The summed E-state index contributed by atoms with van der Waals surface area (Å²) < 4.78 is 0. The van der Waals surface area contributed by atoms with Crippen molar-refractivity contribution < 1.29 is 9.72 Å². The van der Waals surface area contributed by atoms with Crippen molar-refractivity contribution in [1.29, 1.82) is 0 Å². The molecular weight excluding hydrogens is 364 g/mol. The minimum atomic E-state index is -0.435. The number of nitrogens with zero attached hydrogens (tertiary/aromatic N) is 3. The zero-order valence-corrected chi connectivity index (χ0v) is 15.3. The second-order valence-electron chi connectivity index (χ2n) is 5.70. The van der Waals surface area contributed by atoms with Gasteiger partial charge >= 0.3 is 0 Å². The van der Waals surface area contributed by atoms with Crippen LogP contribution < -0.4 is 5.32 Å². The summed E-state index contributed by atoms with van der Waals surface area (Å²) >= 11 is 1.37. The Balaban J connectivity index is 0.00000225. The Hall–Kier alpha value is -2.03. The summed E-state index contributed by atoms with van der Waals surface area (Å²) in [5, 5.41) is 16.4. The van der Waals surface area contributed by atoms with Gasteiger partial charge in [0.25, 0.3) is 11.6 Å². The molecule has 1 N–H and O–H groups in total. The van der Waals surface area contributed by atoms with Crippen LogP contribution in [0, 0.1) is 10.1 Å². The lowest BCUT2D eigenvalue weighted by atomic mass is 10.1. The van der Waals surface area contributed by atoms with Crippen LogP contribution in [0.1, 0.15) is 23.3 Å². The summed E-state index contributed by atoms with van der Waals surface area (Å²) in [7, 11) is 1.94. The standard InChI is InChI=1S/C16H18N4O3S.ClH/c1-17-12-6-8-19(9-7-12)16(21)14-10-24-15(18-14)11-2-4-13(5-3-11)20(22)23;/h2-5,10,12,17H,6-9H2,1H3;1H. The third-order valence-corrected chi connectivity index (χ3v) is 5.13. The van der Waals surface area contributed by atoms with Crippen LogP contribution >= 0.6 is 23.7 Å². The molecule has 0 aliphatic carbocycles. The average Bonchev–Trinajstić information content (AvgIpc) is 3.11. The van der Waals surface area contributed by atoms with E-state index in [0.29, 0.717) is 16.7 Å². The van der Waals surface area contributed by atoms with Crippen LogP contribution in [0.25, 0.3) is 10.6 Å². The number of amides is 1. The van der Waals surface area contributed by atoms with Gasteiger partial charge in [0.1, 0.15) is 10.7 Å². The van der Waals surface area contributed by atoms with E-state index in [4.69, 9.17) is 0 Å². The number of nitro benzene ring substituents is 1. The van der Waals surface area contributed by atoms with Gasteiger partial charge in [-0.1, -0.05) is 0 Å². The Morgan fingerprint density at radius 2 is 1.96 bits per heavy atom. The molecule has 25 heavy (non-hydrogen) atoms. The number of carbonyl (C=O) groups is 1. The second-order valence-corrected chi connectivity index (χ2v) is 6.56. The summed E-state index contributed by atoms with van der Waals surface area (Å²) in [6.07, 6.45) is 1.89. The van der Waals surface area contributed by atoms with E-state index >= 15 is 0 Å². The Morgan fingerprint density at radius 1 is 1.32 bits per heavy atom. The highest BCUT2D eigenvalue weighted by molar-refractivity contribution is 7.13. The van der Waals surface area contributed by atoms with Crippen molar-refractivity contribution >= 4 is 35.3 Å². The molecule has 0 saturated carbocycles. The van der Waals surface area contributed by atoms with Crippen LogP contribution in [-0.2, 0) is 0 Å². The Morgan fingerprint density at radius 3 is 2.52 bits per heavy atom. The molecule has 1 aliphatic rings. The highest BCUT2D eigenvalue weighted by Crippen LogP contribution is 2.26. The number of nitro groups is 1. The van der Waals surface area contributed by atoms with E-state index in [1.165, 1.54) is 23.5 Å². The lowest BCUT2D eigenvalue weighted by Gasteiger charge is -2.31. The van der Waals surface area contributed by atoms with Crippen LogP contribution in [0.2, 0.25) is 0 Å². The van der Waals surface area contributed by atoms with E-state index in [0.717, 1.165) is 31.5 Å². The van der Waals surface area contributed by atoms with Crippen molar-refractivity contribution in [1.82, 2.24) is 15.2 Å². The predicted octanol–water partition coefficient (Wildman–Crippen LogP) is 2.96. The molecule has 2 heterocycles. The molecule has 1 aromatic heterocycles. The van der Waals surface area contributed by atoms with Gasteiger partial charge in [0.2, 0.25) is 0 Å². The maximum atomic E-state index is 12.5. The number of aromatic nitrogens is 1. The highest BCUT2D eigenvalue weighted by atomic mass is 35.5. The Labute approximate surface area is 155 Å². The monoisotopic (exact) mass is 382 g/mol. The number of nitrogens with one attached hydrogen (secondary N) is 1. The molecule has 0 radical (unpaired) electrons. The molecule has 0 atom stereocenters. The quantitative estimate of drug-likeness (QED) is 0.648. The molecule has 134 valence electrons. The number of hydrogen-bond donors (Lipinski definition) is 1. The van der Waals surface area contributed by atoms with Gasteiger partial charge < -0.3 is 10.2 Å². The van der Waals surface area contributed by atoms with Crippen LogP contribution in [0.5, 0.6) is 0 Å². The number of hydrogen-bond acceptors (Lipinski definition) is 6.